The van der Waals surface area contributed by atoms with E-state index in [1.807, 2.05) is 77.2 Å². The van der Waals surface area contributed by atoms with Gasteiger partial charge in [0.2, 0.25) is 0 Å². The predicted octanol–water partition coefficient (Wildman–Crippen LogP) is 11.5. The summed E-state index contributed by atoms with van der Waals surface area (Å²) in [4.78, 5) is 24.3. The maximum absolute atomic E-state index is 13.6. The first-order valence-electron chi connectivity index (χ1n) is 15.5. The number of rotatable bonds is 10. The standard InChI is InChI=1S/C40H49F3O2/c1-28(15-12-16-29(2)20-22-34-31(4)36(44)24-26-38(34,6)7)14-10-11-18-33(40(41,42)43)19-13-17-30(3)21-23-35-32(5)37(45)25-27-39(35,8)9/h10-23H,24-27H2,1-9H3/b11-10+,15-12+,19-13+,22-20+,23-21+,28-14+,29-16+,30-17+,33-18+. The van der Waals surface area contributed by atoms with Crippen molar-refractivity contribution >= 4 is 11.6 Å². The summed E-state index contributed by atoms with van der Waals surface area (Å²) >= 11 is 0. The molecule has 0 radical (unpaired) electrons. The molecule has 0 amide bonds. The third kappa shape index (κ3) is 11.6. The molecule has 0 N–H and O–H groups in total. The van der Waals surface area contributed by atoms with Crippen LogP contribution in [0.4, 0.5) is 13.2 Å². The quantitative estimate of drug-likeness (QED) is 0.228. The maximum Gasteiger partial charge on any atom is 0.416 e. The first kappa shape index (κ1) is 37.5. The zero-order valence-corrected chi connectivity index (χ0v) is 28.4. The summed E-state index contributed by atoms with van der Waals surface area (Å²) in [6, 6.07) is 0. The number of ketones is 2. The van der Waals surface area contributed by atoms with Crippen molar-refractivity contribution in [1.29, 1.82) is 0 Å². The summed E-state index contributed by atoms with van der Waals surface area (Å²) < 4.78 is 40.8. The summed E-state index contributed by atoms with van der Waals surface area (Å²) in [5.41, 5.74) is 5.41. The van der Waals surface area contributed by atoms with Crippen LogP contribution in [0.3, 0.4) is 0 Å². The van der Waals surface area contributed by atoms with Crippen molar-refractivity contribution < 1.29 is 22.8 Å². The Labute approximate surface area is 268 Å². The number of hydrogen-bond acceptors (Lipinski definition) is 2. The molecule has 45 heavy (non-hydrogen) atoms. The van der Waals surface area contributed by atoms with Gasteiger partial charge in [0.05, 0.1) is 5.57 Å². The number of alkyl halides is 3. The van der Waals surface area contributed by atoms with E-state index in [1.165, 1.54) is 12.2 Å². The van der Waals surface area contributed by atoms with Crippen molar-refractivity contribution in [2.45, 2.75) is 94.2 Å². The zero-order valence-electron chi connectivity index (χ0n) is 28.4. The normalized spacial score (nSPS) is 21.3. The fourth-order valence-corrected chi connectivity index (χ4v) is 5.38. The van der Waals surface area contributed by atoms with Crippen molar-refractivity contribution in [3.05, 3.63) is 130 Å². The molecular weight excluding hydrogens is 569 g/mol. The monoisotopic (exact) mass is 618 g/mol. The topological polar surface area (TPSA) is 34.1 Å². The average Bonchev–Trinajstić information content (AvgIpc) is 2.93. The Kier molecular flexibility index (Phi) is 13.3. The van der Waals surface area contributed by atoms with Crippen LogP contribution in [0.5, 0.6) is 0 Å². The number of allylic oxidation sites excluding steroid dienone is 22. The minimum atomic E-state index is -4.49. The van der Waals surface area contributed by atoms with Crippen molar-refractivity contribution in [1.82, 2.24) is 0 Å². The molecule has 0 aliphatic heterocycles. The van der Waals surface area contributed by atoms with Gasteiger partial charge in [0.1, 0.15) is 0 Å². The lowest BCUT2D eigenvalue weighted by Crippen LogP contribution is -2.24. The molecule has 2 nitrogen and oxygen atoms in total. The largest absolute Gasteiger partial charge is 0.416 e. The maximum atomic E-state index is 13.6. The Bertz CT molecular complexity index is 1480. The second kappa shape index (κ2) is 16.0. The van der Waals surface area contributed by atoms with E-state index in [-0.39, 0.29) is 22.4 Å². The van der Waals surface area contributed by atoms with E-state index in [9.17, 15) is 22.8 Å². The molecule has 0 atom stereocenters. The summed E-state index contributed by atoms with van der Waals surface area (Å²) in [5.74, 6) is 0.354. The van der Waals surface area contributed by atoms with E-state index in [2.05, 4.69) is 27.7 Å². The molecule has 5 heteroatoms. The van der Waals surface area contributed by atoms with Gasteiger partial charge < -0.3 is 0 Å². The van der Waals surface area contributed by atoms with E-state index in [0.29, 0.717) is 12.8 Å². The van der Waals surface area contributed by atoms with Gasteiger partial charge >= 0.3 is 6.18 Å². The van der Waals surface area contributed by atoms with Crippen molar-refractivity contribution in [2.24, 2.45) is 10.8 Å². The predicted molar refractivity (Wildman–Crippen MR) is 183 cm³/mol. The molecule has 0 bridgehead atoms. The second-order valence-electron chi connectivity index (χ2n) is 13.3. The first-order valence-corrected chi connectivity index (χ1v) is 15.5. The molecular formula is C40H49F3O2. The fraction of sp³-hybridized carbons (Fsp3) is 0.400. The van der Waals surface area contributed by atoms with Crippen molar-refractivity contribution in [3.8, 4) is 0 Å². The molecule has 0 heterocycles. The zero-order chi connectivity index (χ0) is 34.0. The van der Waals surface area contributed by atoms with Gasteiger partial charge in [-0.25, -0.2) is 0 Å². The molecule has 2 aliphatic carbocycles. The van der Waals surface area contributed by atoms with Crippen LogP contribution in [0, 0.1) is 10.8 Å². The third-order valence-electron chi connectivity index (χ3n) is 8.51. The lowest BCUT2D eigenvalue weighted by Gasteiger charge is -2.32. The summed E-state index contributed by atoms with van der Waals surface area (Å²) in [6.07, 6.45) is 21.6. The van der Waals surface area contributed by atoms with Gasteiger partial charge in [-0.2, -0.15) is 13.2 Å². The molecule has 0 fully saturated rings. The van der Waals surface area contributed by atoms with E-state index in [1.54, 1.807) is 18.2 Å². The van der Waals surface area contributed by atoms with Gasteiger partial charge in [0.15, 0.2) is 11.6 Å². The Balaban J connectivity index is 2.07. The number of carbonyl (C=O) groups is 2. The molecule has 242 valence electrons. The van der Waals surface area contributed by atoms with Gasteiger partial charge in [-0.1, -0.05) is 129 Å². The van der Waals surface area contributed by atoms with Crippen LogP contribution in [0.2, 0.25) is 0 Å². The van der Waals surface area contributed by atoms with Gasteiger partial charge in [0, 0.05) is 12.8 Å². The van der Waals surface area contributed by atoms with Crippen LogP contribution in [0.1, 0.15) is 88.0 Å². The lowest BCUT2D eigenvalue weighted by molar-refractivity contribution is -0.117. The van der Waals surface area contributed by atoms with E-state index in [4.69, 9.17) is 0 Å². The molecule has 2 aliphatic rings. The molecule has 2 rings (SSSR count). The second-order valence-corrected chi connectivity index (χ2v) is 13.3. The Morgan fingerprint density at radius 1 is 0.600 bits per heavy atom. The van der Waals surface area contributed by atoms with Crippen molar-refractivity contribution in [3.63, 3.8) is 0 Å². The van der Waals surface area contributed by atoms with Crippen LogP contribution in [0.25, 0.3) is 0 Å². The van der Waals surface area contributed by atoms with Gasteiger partial charge in [-0.3, -0.25) is 9.59 Å². The number of carbonyl (C=O) groups excluding carboxylic acids is 2. The third-order valence-corrected chi connectivity index (χ3v) is 8.51. The van der Waals surface area contributed by atoms with Crippen molar-refractivity contribution in [2.75, 3.05) is 0 Å². The van der Waals surface area contributed by atoms with Crippen LogP contribution in [-0.2, 0) is 9.59 Å². The van der Waals surface area contributed by atoms with E-state index >= 15 is 0 Å². The Morgan fingerprint density at radius 3 is 1.42 bits per heavy atom. The first-order chi connectivity index (χ1) is 20.8. The molecule has 0 aromatic rings. The highest BCUT2D eigenvalue weighted by molar-refractivity contribution is 5.97. The van der Waals surface area contributed by atoms with Crippen LogP contribution < -0.4 is 0 Å². The molecule has 0 saturated carbocycles. The highest BCUT2D eigenvalue weighted by atomic mass is 19.4. The van der Waals surface area contributed by atoms with Gasteiger partial charge in [-0.15, -0.1) is 0 Å². The average molecular weight is 619 g/mol. The van der Waals surface area contributed by atoms with Gasteiger partial charge in [-0.05, 0) is 80.6 Å². The fourth-order valence-electron chi connectivity index (χ4n) is 5.38. The molecule has 0 aromatic heterocycles. The molecule has 0 saturated heterocycles. The number of hydrogen-bond donors (Lipinski definition) is 0. The smallest absolute Gasteiger partial charge is 0.295 e. The summed E-state index contributed by atoms with van der Waals surface area (Å²) in [6.45, 7) is 17.9. The number of Topliss-reactive ketones (excluding diaryl/α,β-unsaturated/α-hetero) is 2. The minimum Gasteiger partial charge on any atom is -0.295 e. The Hall–Kier alpha value is -3.73. The Morgan fingerprint density at radius 2 is 0.978 bits per heavy atom. The molecule has 0 unspecified atom stereocenters. The van der Waals surface area contributed by atoms with E-state index < -0.39 is 11.7 Å². The molecule has 0 aromatic carbocycles. The summed E-state index contributed by atoms with van der Waals surface area (Å²) in [5, 5.41) is 0. The summed E-state index contributed by atoms with van der Waals surface area (Å²) in [7, 11) is 0. The van der Waals surface area contributed by atoms with Crippen LogP contribution >= 0.6 is 0 Å². The van der Waals surface area contributed by atoms with Crippen LogP contribution in [-0.4, -0.2) is 17.7 Å². The number of halogens is 3. The van der Waals surface area contributed by atoms with Crippen LogP contribution in [0.15, 0.2) is 130 Å². The highest BCUT2D eigenvalue weighted by Gasteiger charge is 2.32. The minimum absolute atomic E-state index is 0.0354. The van der Waals surface area contributed by atoms with E-state index in [0.717, 1.165) is 64.0 Å². The SMILES string of the molecule is CC1=C(/C=C/C(C)=C/C=C/C(C)=C/C=C/C=C(\C=C\C=C(C)\C=C\C2=C(C)C(=O)CCC2(C)C)C(F)(F)F)C(C)(C)CCC1=O. The highest BCUT2D eigenvalue weighted by Crippen LogP contribution is 2.40. The lowest BCUT2D eigenvalue weighted by atomic mass is 9.72. The molecule has 0 spiro atoms. The van der Waals surface area contributed by atoms with Gasteiger partial charge in [0.25, 0.3) is 0 Å².